The fourth-order valence-electron chi connectivity index (χ4n) is 7.62. The Labute approximate surface area is 326 Å². The van der Waals surface area contributed by atoms with E-state index in [0.717, 1.165) is 78.5 Å². The van der Waals surface area contributed by atoms with Crippen molar-refractivity contribution in [3.63, 3.8) is 0 Å². The largest absolute Gasteiger partial charge is 0.441 e. The van der Waals surface area contributed by atoms with Gasteiger partial charge in [-0.05, 0) is 100 Å². The highest BCUT2D eigenvalue weighted by Crippen LogP contribution is 2.56. The van der Waals surface area contributed by atoms with Crippen molar-refractivity contribution in [3.05, 3.63) is 150 Å². The first-order valence-electron chi connectivity index (χ1n) is 18.6. The van der Waals surface area contributed by atoms with Crippen molar-refractivity contribution in [2.75, 3.05) is 95.0 Å². The highest BCUT2D eigenvalue weighted by molar-refractivity contribution is 6.07. The minimum atomic E-state index is -1.25. The molecule has 0 atom stereocenters. The number of nitrogens with zero attached hydrogens (tertiary/aromatic N) is 5. The highest BCUT2D eigenvalue weighted by Gasteiger charge is 2.51. The van der Waals surface area contributed by atoms with Crippen LogP contribution in [0.15, 0.2) is 127 Å². The molecule has 6 aromatic rings. The molecular formula is C48H51N5O2. The summed E-state index contributed by atoms with van der Waals surface area (Å²) in [5.41, 5.74) is 13.3. The Balaban J connectivity index is 1.65. The molecule has 1 aliphatic heterocycles. The van der Waals surface area contributed by atoms with Crippen LogP contribution in [-0.4, -0.2) is 76.4 Å². The van der Waals surface area contributed by atoms with E-state index in [0.29, 0.717) is 5.56 Å². The predicted octanol–water partition coefficient (Wildman–Crippen LogP) is 9.48. The molecule has 0 spiro atoms. The van der Waals surface area contributed by atoms with E-state index >= 15 is 0 Å². The van der Waals surface area contributed by atoms with Crippen LogP contribution >= 0.6 is 0 Å². The summed E-state index contributed by atoms with van der Waals surface area (Å²) in [4.78, 5) is 25.2. The van der Waals surface area contributed by atoms with E-state index in [-0.39, 0.29) is 5.97 Å². The summed E-state index contributed by atoms with van der Waals surface area (Å²) in [5.74, 6) is -0.352. The molecule has 7 nitrogen and oxygen atoms in total. The number of esters is 1. The number of cyclic esters (lactones) is 1. The number of ether oxygens (including phenoxy) is 1. The van der Waals surface area contributed by atoms with Gasteiger partial charge in [-0.3, -0.25) is 0 Å². The number of hydrogen-bond acceptors (Lipinski definition) is 7. The smallest absolute Gasteiger partial charge is 0.340 e. The Kier molecular flexibility index (Phi) is 9.82. The SMILES string of the molecule is CN(C)c1ccc(-c2cc3c(c(-c4ccc(N(C)C)cc4)c2-c2ccc(N(C)C)cc2)C(c2ccc(N(C)C)cc2)(c2ccc(N(C)C)cc2)OC3=O)cc1. The van der Waals surface area contributed by atoms with Gasteiger partial charge in [0.25, 0.3) is 0 Å². The van der Waals surface area contributed by atoms with Crippen LogP contribution in [0.25, 0.3) is 33.4 Å². The van der Waals surface area contributed by atoms with Crippen molar-refractivity contribution < 1.29 is 9.53 Å². The van der Waals surface area contributed by atoms with Gasteiger partial charge in [0.05, 0.1) is 5.56 Å². The molecule has 7 rings (SSSR count). The molecule has 280 valence electrons. The molecule has 0 aromatic heterocycles. The van der Waals surface area contributed by atoms with E-state index < -0.39 is 5.60 Å². The van der Waals surface area contributed by atoms with Crippen LogP contribution in [0.4, 0.5) is 28.4 Å². The monoisotopic (exact) mass is 729 g/mol. The molecule has 0 saturated heterocycles. The molecule has 1 aliphatic rings. The van der Waals surface area contributed by atoms with Crippen LogP contribution in [0.2, 0.25) is 0 Å². The topological polar surface area (TPSA) is 42.5 Å². The molecule has 0 amide bonds. The minimum absolute atomic E-state index is 0.352. The van der Waals surface area contributed by atoms with E-state index in [9.17, 15) is 4.79 Å². The molecule has 0 unspecified atom stereocenters. The van der Waals surface area contributed by atoms with E-state index in [1.54, 1.807) is 0 Å². The van der Waals surface area contributed by atoms with Crippen LogP contribution in [-0.2, 0) is 10.3 Å². The van der Waals surface area contributed by atoms with Gasteiger partial charge in [0, 0.05) is 116 Å². The van der Waals surface area contributed by atoms with Crippen LogP contribution in [0, 0.1) is 0 Å². The molecule has 6 aromatic carbocycles. The average Bonchev–Trinajstić information content (AvgIpc) is 3.49. The summed E-state index contributed by atoms with van der Waals surface area (Å²) in [6.07, 6.45) is 0. The maximum atomic E-state index is 14.7. The first kappa shape index (κ1) is 37.1. The third kappa shape index (κ3) is 6.65. The molecule has 0 aliphatic carbocycles. The maximum absolute atomic E-state index is 14.7. The molecule has 0 radical (unpaired) electrons. The summed E-state index contributed by atoms with van der Waals surface area (Å²) in [6, 6.07) is 44.9. The first-order chi connectivity index (χ1) is 26.3. The van der Waals surface area contributed by atoms with Gasteiger partial charge >= 0.3 is 5.97 Å². The van der Waals surface area contributed by atoms with E-state index in [2.05, 4.69) is 180 Å². The predicted molar refractivity (Wildman–Crippen MR) is 233 cm³/mol. The normalized spacial score (nSPS) is 12.9. The number of rotatable bonds is 10. The third-order valence-corrected chi connectivity index (χ3v) is 10.8. The van der Waals surface area contributed by atoms with Crippen LogP contribution in [0.5, 0.6) is 0 Å². The standard InChI is InChI=1S/C48H51N5O2/c1-49(2)37-21-11-32(12-22-37)42-31-43-46(45(34-15-25-39(26-16-34)51(5)6)44(42)33-13-23-38(24-14-33)50(3)4)48(55-47(43)54,35-17-27-40(28-18-35)52(7)8)36-19-29-41(30-20-36)53(9)10/h11-31H,1-10H3. The summed E-state index contributed by atoms with van der Waals surface area (Å²) >= 11 is 0. The van der Waals surface area contributed by atoms with Gasteiger partial charge in [-0.1, -0.05) is 60.7 Å². The zero-order valence-electron chi connectivity index (χ0n) is 33.7. The Morgan fingerprint density at radius 3 is 1.04 bits per heavy atom. The quantitative estimate of drug-likeness (QED) is 0.130. The van der Waals surface area contributed by atoms with Gasteiger partial charge in [0.2, 0.25) is 0 Å². The second-order valence-electron chi connectivity index (χ2n) is 15.4. The fraction of sp³-hybridized carbons (Fsp3) is 0.229. The molecule has 0 saturated carbocycles. The average molecular weight is 730 g/mol. The lowest BCUT2D eigenvalue weighted by Gasteiger charge is -2.34. The fourth-order valence-corrected chi connectivity index (χ4v) is 7.62. The second-order valence-corrected chi connectivity index (χ2v) is 15.4. The summed E-state index contributed by atoms with van der Waals surface area (Å²) in [6.45, 7) is 0. The van der Waals surface area contributed by atoms with Crippen molar-refractivity contribution in [2.24, 2.45) is 0 Å². The van der Waals surface area contributed by atoms with Crippen molar-refractivity contribution in [2.45, 2.75) is 5.60 Å². The van der Waals surface area contributed by atoms with Gasteiger partial charge < -0.3 is 29.2 Å². The lowest BCUT2D eigenvalue weighted by molar-refractivity contribution is 0.0252. The highest BCUT2D eigenvalue weighted by atomic mass is 16.6. The molecule has 1 heterocycles. The Bertz CT molecular complexity index is 2260. The zero-order chi connectivity index (χ0) is 39.2. The first-order valence-corrected chi connectivity index (χ1v) is 18.6. The van der Waals surface area contributed by atoms with Gasteiger partial charge in [0.1, 0.15) is 0 Å². The number of carbonyl (C=O) groups is 1. The van der Waals surface area contributed by atoms with Crippen LogP contribution < -0.4 is 24.5 Å². The second kappa shape index (κ2) is 14.6. The number of carbonyl (C=O) groups excluding carboxylic acids is 1. The number of hydrogen-bond donors (Lipinski definition) is 0. The number of benzene rings is 6. The van der Waals surface area contributed by atoms with Gasteiger partial charge in [-0.2, -0.15) is 0 Å². The number of fused-ring (bicyclic) bond motifs is 1. The molecule has 7 heteroatoms. The van der Waals surface area contributed by atoms with Gasteiger partial charge in [-0.15, -0.1) is 0 Å². The van der Waals surface area contributed by atoms with Gasteiger partial charge in [-0.25, -0.2) is 4.79 Å². The molecule has 0 bridgehead atoms. The van der Waals surface area contributed by atoms with Crippen molar-refractivity contribution in [3.8, 4) is 33.4 Å². The summed E-state index contributed by atoms with van der Waals surface area (Å²) in [7, 11) is 20.4. The van der Waals surface area contributed by atoms with Crippen molar-refractivity contribution in [1.29, 1.82) is 0 Å². The zero-order valence-corrected chi connectivity index (χ0v) is 33.7. The Hall–Kier alpha value is -6.21. The van der Waals surface area contributed by atoms with Crippen molar-refractivity contribution >= 4 is 34.4 Å². The van der Waals surface area contributed by atoms with Crippen LogP contribution in [0.1, 0.15) is 27.0 Å². The van der Waals surface area contributed by atoms with Crippen LogP contribution in [0.3, 0.4) is 0 Å². The lowest BCUT2D eigenvalue weighted by atomic mass is 9.73. The van der Waals surface area contributed by atoms with E-state index in [1.165, 1.54) is 0 Å². The van der Waals surface area contributed by atoms with E-state index in [1.807, 2.05) is 42.3 Å². The summed E-state index contributed by atoms with van der Waals surface area (Å²) < 4.78 is 6.91. The number of anilines is 5. The maximum Gasteiger partial charge on any atom is 0.340 e. The molecule has 0 fully saturated rings. The Morgan fingerprint density at radius 2 is 0.691 bits per heavy atom. The minimum Gasteiger partial charge on any atom is -0.441 e. The Morgan fingerprint density at radius 1 is 0.382 bits per heavy atom. The van der Waals surface area contributed by atoms with Gasteiger partial charge in [0.15, 0.2) is 5.60 Å². The van der Waals surface area contributed by atoms with E-state index in [4.69, 9.17) is 4.74 Å². The van der Waals surface area contributed by atoms with Crippen molar-refractivity contribution in [1.82, 2.24) is 0 Å². The molecular weight excluding hydrogens is 679 g/mol. The molecule has 55 heavy (non-hydrogen) atoms. The third-order valence-electron chi connectivity index (χ3n) is 10.8. The molecule has 0 N–H and O–H groups in total. The summed E-state index contributed by atoms with van der Waals surface area (Å²) in [5, 5.41) is 0. The lowest BCUT2D eigenvalue weighted by Crippen LogP contribution is -2.30.